The Morgan fingerprint density at radius 3 is 2.37 bits per heavy atom. The van der Waals surface area contributed by atoms with Crippen molar-refractivity contribution < 1.29 is 47.6 Å². The van der Waals surface area contributed by atoms with Gasteiger partial charge in [0.2, 0.25) is 0 Å². The number of rotatable bonds is 6. The van der Waals surface area contributed by atoms with Crippen LogP contribution in [0.1, 0.15) is 17.5 Å². The van der Waals surface area contributed by atoms with Gasteiger partial charge in [0.05, 0.1) is 37.8 Å². The lowest BCUT2D eigenvalue weighted by Crippen LogP contribution is -2.56. The topological polar surface area (TPSA) is 156 Å². The lowest BCUT2D eigenvalue weighted by molar-refractivity contribution is -0.205. The number of hydrogen-bond acceptors (Lipinski definition) is 10. The molecule has 1 aromatic carbocycles. The van der Waals surface area contributed by atoms with E-state index in [1.54, 1.807) is 0 Å². The largest absolute Gasteiger partial charge is 0.394 e. The molecule has 5 rings (SSSR count). The van der Waals surface area contributed by atoms with E-state index in [-0.39, 0.29) is 36.7 Å². The molecule has 0 amide bonds. The molecule has 0 unspecified atom stereocenters. The number of aliphatic hydroxyl groups excluding tert-OH is 3. The molecule has 4 N–H and O–H groups in total. The van der Waals surface area contributed by atoms with Gasteiger partial charge >= 0.3 is 0 Å². The van der Waals surface area contributed by atoms with Crippen molar-refractivity contribution in [3.8, 4) is 11.3 Å². The number of halogens is 3. The van der Waals surface area contributed by atoms with Crippen molar-refractivity contribution >= 4 is 0 Å². The maximum Gasteiger partial charge on any atom is 0.194 e. The van der Waals surface area contributed by atoms with Gasteiger partial charge in [0.25, 0.3) is 0 Å². The molecule has 14 heteroatoms. The Labute approximate surface area is 195 Å². The Kier molecular flexibility index (Phi) is 6.11. The van der Waals surface area contributed by atoms with Crippen molar-refractivity contribution in [2.75, 3.05) is 19.8 Å². The van der Waals surface area contributed by atoms with Gasteiger partial charge in [-0.2, -0.15) is 0 Å². The van der Waals surface area contributed by atoms with Crippen LogP contribution in [0.5, 0.6) is 0 Å². The highest BCUT2D eigenvalue weighted by Crippen LogP contribution is 2.34. The minimum Gasteiger partial charge on any atom is -0.394 e. The number of aliphatic hydroxyl groups is 4. The summed E-state index contributed by atoms with van der Waals surface area (Å²) in [6.07, 6.45) is -3.70. The molecule has 188 valence electrons. The normalized spacial score (nSPS) is 28.1. The molecule has 0 bridgehead atoms. The molecular weight excluding hydrogens is 477 g/mol. The van der Waals surface area contributed by atoms with Gasteiger partial charge in [0.15, 0.2) is 28.8 Å². The smallest absolute Gasteiger partial charge is 0.194 e. The van der Waals surface area contributed by atoms with Crippen LogP contribution in [0.15, 0.2) is 28.9 Å². The molecule has 35 heavy (non-hydrogen) atoms. The Balaban J connectivity index is 1.39. The number of nitrogens with zero attached hydrogens (tertiary/aromatic N) is 4. The first kappa shape index (κ1) is 23.8. The Bertz CT molecular complexity index is 1190. The van der Waals surface area contributed by atoms with Gasteiger partial charge < -0.3 is 34.4 Å². The average molecular weight is 498 g/mol. The molecule has 5 atom stereocenters. The fourth-order valence-corrected chi connectivity index (χ4v) is 4.19. The summed E-state index contributed by atoms with van der Waals surface area (Å²) in [4.78, 5) is 0. The van der Waals surface area contributed by atoms with Crippen LogP contribution in [0.2, 0.25) is 0 Å². The Morgan fingerprint density at radius 1 is 1.06 bits per heavy atom. The van der Waals surface area contributed by atoms with Gasteiger partial charge in [-0.1, -0.05) is 10.4 Å². The van der Waals surface area contributed by atoms with Crippen LogP contribution in [0.25, 0.3) is 11.3 Å². The van der Waals surface area contributed by atoms with Gasteiger partial charge in [0.1, 0.15) is 30.0 Å². The molecule has 2 saturated heterocycles. The van der Waals surface area contributed by atoms with Gasteiger partial charge in [0, 0.05) is 18.1 Å². The third-order valence-electron chi connectivity index (χ3n) is 6.20. The van der Waals surface area contributed by atoms with E-state index in [0.29, 0.717) is 5.69 Å². The average Bonchev–Trinajstić information content (AvgIpc) is 3.48. The summed E-state index contributed by atoms with van der Waals surface area (Å²) < 4.78 is 57.5. The molecule has 11 nitrogen and oxygen atoms in total. The number of hydrogen-bond donors (Lipinski definition) is 4. The van der Waals surface area contributed by atoms with E-state index in [2.05, 4.69) is 15.5 Å². The molecule has 2 aliphatic rings. The zero-order chi connectivity index (χ0) is 24.9. The second-order valence-corrected chi connectivity index (χ2v) is 8.62. The quantitative estimate of drug-likeness (QED) is 0.337. The summed E-state index contributed by atoms with van der Waals surface area (Å²) in [7, 11) is 0. The van der Waals surface area contributed by atoms with Crippen LogP contribution >= 0.6 is 0 Å². The van der Waals surface area contributed by atoms with Gasteiger partial charge in [-0.3, -0.25) is 0 Å². The van der Waals surface area contributed by atoms with Crippen LogP contribution in [0, 0.1) is 17.5 Å². The van der Waals surface area contributed by atoms with Gasteiger partial charge in [-0.05, 0) is 12.1 Å². The molecular formula is C21H21F3N4O7. The molecule has 4 heterocycles. The van der Waals surface area contributed by atoms with Gasteiger partial charge in [-0.25, -0.2) is 17.9 Å². The summed E-state index contributed by atoms with van der Waals surface area (Å²) in [5.41, 5.74) is -1.08. The van der Waals surface area contributed by atoms with E-state index in [0.717, 1.165) is 16.8 Å². The molecule has 3 aromatic rings. The highest BCUT2D eigenvalue weighted by atomic mass is 19.2. The van der Waals surface area contributed by atoms with Crippen molar-refractivity contribution in [1.82, 2.24) is 20.2 Å². The first-order valence-electron chi connectivity index (χ1n) is 10.7. The third kappa shape index (κ3) is 4.22. The van der Waals surface area contributed by atoms with Crippen molar-refractivity contribution in [2.24, 2.45) is 0 Å². The van der Waals surface area contributed by atoms with E-state index in [1.165, 1.54) is 12.3 Å². The van der Waals surface area contributed by atoms with E-state index in [9.17, 15) is 33.6 Å². The second kappa shape index (κ2) is 8.96. The second-order valence-electron chi connectivity index (χ2n) is 8.62. The summed E-state index contributed by atoms with van der Waals surface area (Å²) >= 11 is 0. The predicted octanol–water partition coefficient (Wildman–Crippen LogP) is -0.167. The monoisotopic (exact) mass is 498 g/mol. The first-order chi connectivity index (χ1) is 16.7. The Hall–Kier alpha value is -2.88. The molecule has 2 aromatic heterocycles. The summed E-state index contributed by atoms with van der Waals surface area (Å²) in [5, 5.41) is 53.3. The SMILES string of the molecule is OC[C@H]1O[C@H](Cc2cc(C3(O)COC3)on2)[C@H](O)[C@@H](n2cc(-c3cc(F)c(F)c(F)c3)nn2)[C@H]1O. The molecule has 2 aliphatic heterocycles. The van der Waals surface area contributed by atoms with Crippen LogP contribution in [0.3, 0.4) is 0 Å². The molecule has 0 spiro atoms. The van der Waals surface area contributed by atoms with E-state index < -0.39 is 60.1 Å². The maximum atomic E-state index is 13.6. The molecule has 2 fully saturated rings. The lowest BCUT2D eigenvalue weighted by atomic mass is 9.90. The molecule has 0 aliphatic carbocycles. The van der Waals surface area contributed by atoms with Crippen LogP contribution in [-0.4, -0.2) is 84.8 Å². The van der Waals surface area contributed by atoms with Crippen LogP contribution in [-0.2, 0) is 21.5 Å². The third-order valence-corrected chi connectivity index (χ3v) is 6.20. The number of ether oxygens (including phenoxy) is 2. The summed E-state index contributed by atoms with van der Waals surface area (Å²) in [5.74, 6) is -4.26. The number of benzene rings is 1. The van der Waals surface area contributed by atoms with Crippen molar-refractivity contribution in [3.63, 3.8) is 0 Å². The fraction of sp³-hybridized carbons (Fsp3) is 0.476. The number of aromatic nitrogens is 4. The zero-order valence-corrected chi connectivity index (χ0v) is 18.0. The maximum absolute atomic E-state index is 13.6. The van der Waals surface area contributed by atoms with E-state index in [1.807, 2.05) is 0 Å². The van der Waals surface area contributed by atoms with E-state index in [4.69, 9.17) is 14.0 Å². The standard InChI is InChI=1S/C21H21F3N4O7/c22-11-1-9(2-12(23)17(11)24)13-5-28(27-25-13)18-19(30)14(34-15(6-29)20(18)31)3-10-4-16(35-26-10)21(32)7-33-8-21/h1-2,4-5,14-15,18-20,29-32H,3,6-8H2/t14-,15-,18-,19+,20+/m1/s1. The van der Waals surface area contributed by atoms with Crippen molar-refractivity contribution in [1.29, 1.82) is 0 Å². The molecule has 0 saturated carbocycles. The minimum absolute atomic E-state index is 0.00272. The Morgan fingerprint density at radius 2 is 1.74 bits per heavy atom. The first-order valence-corrected chi connectivity index (χ1v) is 10.7. The van der Waals surface area contributed by atoms with Crippen molar-refractivity contribution in [3.05, 3.63) is 53.3 Å². The van der Waals surface area contributed by atoms with E-state index >= 15 is 0 Å². The fourth-order valence-electron chi connectivity index (χ4n) is 4.19. The predicted molar refractivity (Wildman–Crippen MR) is 107 cm³/mol. The minimum atomic E-state index is -1.63. The lowest BCUT2D eigenvalue weighted by Gasteiger charge is -2.42. The summed E-state index contributed by atoms with van der Waals surface area (Å²) in [6.45, 7) is -0.471. The highest BCUT2D eigenvalue weighted by molar-refractivity contribution is 5.57. The van der Waals surface area contributed by atoms with Gasteiger partial charge in [-0.15, -0.1) is 5.10 Å². The van der Waals surface area contributed by atoms with Crippen LogP contribution in [0.4, 0.5) is 13.2 Å². The van der Waals surface area contributed by atoms with Crippen LogP contribution < -0.4 is 0 Å². The zero-order valence-electron chi connectivity index (χ0n) is 18.0. The van der Waals surface area contributed by atoms with Crippen molar-refractivity contribution in [2.45, 2.75) is 42.5 Å². The summed E-state index contributed by atoms with van der Waals surface area (Å²) in [6, 6.07) is 1.81. The molecule has 0 radical (unpaired) electrons. The highest BCUT2D eigenvalue weighted by Gasteiger charge is 2.47.